The first kappa shape index (κ1) is 18.1. The molecule has 2 rings (SSSR count). The number of amides is 1. The minimum absolute atomic E-state index is 0.0168. The smallest absolute Gasteiger partial charge is 0.285 e. The number of imidazole rings is 1. The van der Waals surface area contributed by atoms with Crippen molar-refractivity contribution in [2.45, 2.75) is 32.4 Å². The van der Waals surface area contributed by atoms with Crippen LogP contribution in [-0.2, 0) is 16.4 Å². The molecule has 24 heavy (non-hydrogen) atoms. The van der Waals surface area contributed by atoms with Gasteiger partial charge in [0.1, 0.15) is 17.5 Å². The number of nitrogens with one attached hydrogen (secondary N) is 2. The first-order chi connectivity index (χ1) is 11.2. The number of carbonyl (C=O) groups excluding carboxylic acids is 1. The Morgan fingerprint density at radius 3 is 2.54 bits per heavy atom. The van der Waals surface area contributed by atoms with Crippen molar-refractivity contribution in [1.82, 2.24) is 14.7 Å². The van der Waals surface area contributed by atoms with Crippen LogP contribution in [0.5, 0.6) is 0 Å². The molecule has 0 spiro atoms. The predicted molar refractivity (Wildman–Crippen MR) is 84.8 cm³/mol. The van der Waals surface area contributed by atoms with Crippen molar-refractivity contribution in [3.05, 3.63) is 41.2 Å². The maximum atomic E-state index is 13.9. The molecule has 130 valence electrons. The van der Waals surface area contributed by atoms with Crippen LogP contribution >= 0.6 is 0 Å². The third-order valence-corrected chi connectivity index (χ3v) is 5.10. The number of hydrogen-bond acceptors (Lipinski definition) is 4. The normalized spacial score (nSPS) is 11.8. The zero-order valence-corrected chi connectivity index (χ0v) is 14.2. The van der Waals surface area contributed by atoms with Gasteiger partial charge in [0.15, 0.2) is 5.69 Å². The highest BCUT2D eigenvalue weighted by atomic mass is 32.2. The lowest BCUT2D eigenvalue weighted by Crippen LogP contribution is -2.36. The van der Waals surface area contributed by atoms with Crippen molar-refractivity contribution >= 4 is 15.9 Å². The minimum Gasteiger partial charge on any atom is -0.341 e. The SMILES string of the molecule is CCc1[nH]c(-c2ccc(F)cc2F)nc1C(=O)NS(=O)(=O)C(C)C. The van der Waals surface area contributed by atoms with E-state index < -0.39 is 32.8 Å². The summed E-state index contributed by atoms with van der Waals surface area (Å²) in [6.07, 6.45) is 0.348. The molecule has 1 aromatic carbocycles. The van der Waals surface area contributed by atoms with Gasteiger partial charge in [0.25, 0.3) is 5.91 Å². The number of rotatable bonds is 5. The van der Waals surface area contributed by atoms with Gasteiger partial charge >= 0.3 is 0 Å². The van der Waals surface area contributed by atoms with Crippen LogP contribution in [0, 0.1) is 11.6 Å². The fourth-order valence-electron chi connectivity index (χ4n) is 1.96. The molecule has 6 nitrogen and oxygen atoms in total. The van der Waals surface area contributed by atoms with Gasteiger partial charge in [-0.3, -0.25) is 4.79 Å². The molecule has 0 bridgehead atoms. The Kier molecular flexibility index (Phi) is 5.02. The lowest BCUT2D eigenvalue weighted by Gasteiger charge is -2.08. The summed E-state index contributed by atoms with van der Waals surface area (Å²) in [4.78, 5) is 19.0. The molecule has 0 radical (unpaired) electrons. The molecule has 1 heterocycles. The van der Waals surface area contributed by atoms with Crippen LogP contribution in [0.25, 0.3) is 11.4 Å². The monoisotopic (exact) mass is 357 g/mol. The van der Waals surface area contributed by atoms with E-state index in [0.717, 1.165) is 6.07 Å². The second-order valence-corrected chi connectivity index (χ2v) is 7.65. The van der Waals surface area contributed by atoms with Gasteiger partial charge in [0, 0.05) is 11.8 Å². The summed E-state index contributed by atoms with van der Waals surface area (Å²) in [7, 11) is -3.82. The largest absolute Gasteiger partial charge is 0.341 e. The van der Waals surface area contributed by atoms with Crippen molar-refractivity contribution in [3.8, 4) is 11.4 Å². The van der Waals surface area contributed by atoms with Gasteiger partial charge < -0.3 is 4.98 Å². The fourth-order valence-corrected chi connectivity index (χ4v) is 2.55. The fraction of sp³-hybridized carbons (Fsp3) is 0.333. The molecule has 0 aliphatic carbocycles. The average molecular weight is 357 g/mol. The Morgan fingerprint density at radius 1 is 1.33 bits per heavy atom. The van der Waals surface area contributed by atoms with E-state index in [2.05, 4.69) is 9.97 Å². The highest BCUT2D eigenvalue weighted by Crippen LogP contribution is 2.23. The molecule has 1 aromatic heterocycles. The molecule has 0 aliphatic heterocycles. The van der Waals surface area contributed by atoms with Gasteiger partial charge in [0.2, 0.25) is 10.0 Å². The van der Waals surface area contributed by atoms with E-state index in [1.165, 1.54) is 19.9 Å². The molecule has 0 unspecified atom stereocenters. The van der Waals surface area contributed by atoms with E-state index in [9.17, 15) is 22.0 Å². The quantitative estimate of drug-likeness (QED) is 0.859. The van der Waals surface area contributed by atoms with E-state index >= 15 is 0 Å². The number of aryl methyl sites for hydroxylation is 1. The molecular weight excluding hydrogens is 340 g/mol. The van der Waals surface area contributed by atoms with Gasteiger partial charge in [-0.15, -0.1) is 0 Å². The number of benzene rings is 1. The average Bonchev–Trinajstić information content (AvgIpc) is 2.90. The van der Waals surface area contributed by atoms with Crippen LogP contribution in [0.1, 0.15) is 37.0 Å². The zero-order chi connectivity index (χ0) is 18.1. The van der Waals surface area contributed by atoms with Gasteiger partial charge in [-0.1, -0.05) is 6.92 Å². The van der Waals surface area contributed by atoms with Crippen molar-refractivity contribution in [3.63, 3.8) is 0 Å². The Morgan fingerprint density at radius 2 is 2.00 bits per heavy atom. The zero-order valence-electron chi connectivity index (χ0n) is 13.4. The first-order valence-corrected chi connectivity index (χ1v) is 8.80. The van der Waals surface area contributed by atoms with E-state index in [0.29, 0.717) is 18.2 Å². The topological polar surface area (TPSA) is 91.9 Å². The highest BCUT2D eigenvalue weighted by Gasteiger charge is 2.24. The van der Waals surface area contributed by atoms with E-state index in [1.54, 1.807) is 6.92 Å². The number of halogens is 2. The van der Waals surface area contributed by atoms with Crippen LogP contribution in [-0.4, -0.2) is 29.5 Å². The van der Waals surface area contributed by atoms with Crippen molar-refractivity contribution in [2.75, 3.05) is 0 Å². The third kappa shape index (κ3) is 3.61. The number of H-pyrrole nitrogens is 1. The summed E-state index contributed by atoms with van der Waals surface area (Å²) < 4.78 is 52.4. The Bertz CT molecular complexity index is 876. The number of aromatic nitrogens is 2. The van der Waals surface area contributed by atoms with Gasteiger partial charge in [-0.25, -0.2) is 26.9 Å². The van der Waals surface area contributed by atoms with Crippen LogP contribution in [0.2, 0.25) is 0 Å². The molecule has 0 fully saturated rings. The molecule has 0 atom stereocenters. The second-order valence-electron chi connectivity index (χ2n) is 5.42. The third-order valence-electron chi connectivity index (χ3n) is 3.39. The lowest BCUT2D eigenvalue weighted by atomic mass is 10.2. The minimum atomic E-state index is -3.82. The Labute approximate surface area is 138 Å². The van der Waals surface area contributed by atoms with Crippen molar-refractivity contribution in [2.24, 2.45) is 0 Å². The number of sulfonamides is 1. The summed E-state index contributed by atoms with van der Waals surface area (Å²) in [5, 5.41) is -0.792. The van der Waals surface area contributed by atoms with Gasteiger partial charge in [0.05, 0.1) is 10.8 Å². The number of carbonyl (C=O) groups is 1. The van der Waals surface area contributed by atoms with Gasteiger partial charge in [-0.05, 0) is 32.4 Å². The van der Waals surface area contributed by atoms with Crippen LogP contribution < -0.4 is 4.72 Å². The second kappa shape index (κ2) is 6.68. The molecular formula is C15H17F2N3O3S. The number of nitrogens with zero attached hydrogens (tertiary/aromatic N) is 1. The maximum Gasteiger partial charge on any atom is 0.285 e. The Hall–Kier alpha value is -2.29. The molecule has 9 heteroatoms. The molecule has 1 amide bonds. The molecule has 0 saturated carbocycles. The van der Waals surface area contributed by atoms with Crippen LogP contribution in [0.15, 0.2) is 18.2 Å². The summed E-state index contributed by atoms with van der Waals surface area (Å²) >= 11 is 0. The standard InChI is InChI=1S/C15H17F2N3O3S/c1-4-12-13(15(21)20-24(22,23)8(2)3)19-14(18-12)10-6-5-9(16)7-11(10)17/h5-8H,4H2,1-3H3,(H,18,19)(H,20,21). The predicted octanol–water partition coefficient (Wildman–Crippen LogP) is 2.39. The maximum absolute atomic E-state index is 13.9. The van der Waals surface area contributed by atoms with E-state index in [1.807, 2.05) is 4.72 Å². The number of hydrogen-bond donors (Lipinski definition) is 2. The summed E-state index contributed by atoms with van der Waals surface area (Å²) in [6.45, 7) is 4.59. The van der Waals surface area contributed by atoms with E-state index in [-0.39, 0.29) is 17.1 Å². The Balaban J connectivity index is 2.42. The molecule has 0 saturated heterocycles. The molecule has 0 aliphatic rings. The number of aromatic amines is 1. The van der Waals surface area contributed by atoms with Crippen LogP contribution in [0.3, 0.4) is 0 Å². The summed E-state index contributed by atoms with van der Waals surface area (Å²) in [5.74, 6) is -2.45. The molecule has 2 aromatic rings. The highest BCUT2D eigenvalue weighted by molar-refractivity contribution is 7.90. The van der Waals surface area contributed by atoms with Crippen LogP contribution in [0.4, 0.5) is 8.78 Å². The first-order valence-electron chi connectivity index (χ1n) is 7.26. The summed E-state index contributed by atoms with van der Waals surface area (Å²) in [5.41, 5.74) is 0.197. The summed E-state index contributed by atoms with van der Waals surface area (Å²) in [6, 6.07) is 2.96. The lowest BCUT2D eigenvalue weighted by molar-refractivity contribution is 0.0976. The van der Waals surface area contributed by atoms with Gasteiger partial charge in [-0.2, -0.15) is 0 Å². The van der Waals surface area contributed by atoms with Crippen molar-refractivity contribution in [1.29, 1.82) is 0 Å². The van der Waals surface area contributed by atoms with E-state index in [4.69, 9.17) is 0 Å². The van der Waals surface area contributed by atoms with Crippen molar-refractivity contribution < 1.29 is 22.0 Å². The molecule has 2 N–H and O–H groups in total.